The van der Waals surface area contributed by atoms with Crippen LogP contribution in [0.25, 0.3) is 0 Å². The van der Waals surface area contributed by atoms with Gasteiger partial charge in [0.25, 0.3) is 5.91 Å². The van der Waals surface area contributed by atoms with E-state index < -0.39 is 10.0 Å². The number of halogens is 1. The molecular weight excluding hydrogens is 338 g/mol. The Morgan fingerprint density at radius 2 is 1.78 bits per heavy atom. The van der Waals surface area contributed by atoms with E-state index in [0.717, 1.165) is 6.54 Å². The van der Waals surface area contributed by atoms with Gasteiger partial charge in [-0.3, -0.25) is 4.79 Å². The molecule has 2 N–H and O–H groups in total. The predicted octanol–water partition coefficient (Wildman–Crippen LogP) is 1.48. The summed E-state index contributed by atoms with van der Waals surface area (Å²) in [7, 11) is -3.55. The molecule has 0 bridgehead atoms. The van der Waals surface area contributed by atoms with Crippen LogP contribution in [0.4, 0.5) is 0 Å². The fourth-order valence-electron chi connectivity index (χ4n) is 2.05. The number of carbonyl (C=O) groups excluding carboxylic acids is 1. The molecule has 0 heterocycles. The van der Waals surface area contributed by atoms with Gasteiger partial charge in [0.2, 0.25) is 10.0 Å². The lowest BCUT2D eigenvalue weighted by Crippen LogP contribution is -2.32. The van der Waals surface area contributed by atoms with Gasteiger partial charge in [-0.15, -0.1) is 12.4 Å². The van der Waals surface area contributed by atoms with Crippen molar-refractivity contribution in [2.45, 2.75) is 25.7 Å². The second kappa shape index (κ2) is 10.6. The van der Waals surface area contributed by atoms with E-state index in [1.807, 2.05) is 6.92 Å². The van der Waals surface area contributed by atoms with Crippen LogP contribution in [0.2, 0.25) is 0 Å². The fraction of sp³-hybridized carbons (Fsp3) is 0.533. The largest absolute Gasteiger partial charge is 0.351 e. The SMILES string of the molecule is CCNCCNC(=O)c1cccc(S(=O)(=O)N(CC)CC)c1.Cl. The Balaban J connectivity index is 0.00000484. The minimum atomic E-state index is -3.55. The van der Waals surface area contributed by atoms with E-state index in [-0.39, 0.29) is 23.2 Å². The molecule has 0 unspecified atom stereocenters. The molecule has 1 amide bonds. The van der Waals surface area contributed by atoms with Crippen molar-refractivity contribution in [2.24, 2.45) is 0 Å². The highest BCUT2D eigenvalue weighted by Gasteiger charge is 2.22. The molecule has 132 valence electrons. The van der Waals surface area contributed by atoms with Crippen LogP contribution in [0.5, 0.6) is 0 Å². The van der Waals surface area contributed by atoms with Gasteiger partial charge in [-0.1, -0.05) is 26.8 Å². The molecule has 1 rings (SSSR count). The molecule has 0 aliphatic carbocycles. The van der Waals surface area contributed by atoms with E-state index in [1.165, 1.54) is 16.4 Å². The highest BCUT2D eigenvalue weighted by molar-refractivity contribution is 7.89. The second-order valence-corrected chi connectivity index (χ2v) is 6.66. The van der Waals surface area contributed by atoms with Crippen molar-refractivity contribution in [1.82, 2.24) is 14.9 Å². The van der Waals surface area contributed by atoms with Gasteiger partial charge in [0.15, 0.2) is 0 Å². The van der Waals surface area contributed by atoms with Crippen molar-refractivity contribution in [3.63, 3.8) is 0 Å². The molecule has 0 aliphatic rings. The maximum absolute atomic E-state index is 12.5. The lowest BCUT2D eigenvalue weighted by Gasteiger charge is -2.18. The van der Waals surface area contributed by atoms with Crippen molar-refractivity contribution in [2.75, 3.05) is 32.7 Å². The molecule has 0 fully saturated rings. The molecule has 8 heteroatoms. The third-order valence-electron chi connectivity index (χ3n) is 3.28. The number of hydrogen-bond donors (Lipinski definition) is 2. The van der Waals surface area contributed by atoms with Crippen molar-refractivity contribution < 1.29 is 13.2 Å². The smallest absolute Gasteiger partial charge is 0.251 e. The quantitative estimate of drug-likeness (QED) is 0.651. The van der Waals surface area contributed by atoms with Crippen molar-refractivity contribution in [3.8, 4) is 0 Å². The Morgan fingerprint density at radius 1 is 1.13 bits per heavy atom. The first-order valence-corrected chi connectivity index (χ1v) is 9.00. The van der Waals surface area contributed by atoms with Gasteiger partial charge < -0.3 is 10.6 Å². The summed E-state index contributed by atoms with van der Waals surface area (Å²) in [5.41, 5.74) is 0.352. The summed E-state index contributed by atoms with van der Waals surface area (Å²) < 4.78 is 26.3. The minimum absolute atomic E-state index is 0. The van der Waals surface area contributed by atoms with Crippen LogP contribution < -0.4 is 10.6 Å². The number of sulfonamides is 1. The molecule has 23 heavy (non-hydrogen) atoms. The Bertz CT molecular complexity index is 589. The molecule has 1 aromatic rings. The van der Waals surface area contributed by atoms with Gasteiger partial charge in [0.1, 0.15) is 0 Å². The van der Waals surface area contributed by atoms with Gasteiger partial charge in [-0.05, 0) is 24.7 Å². The number of carbonyl (C=O) groups is 1. The molecule has 0 saturated heterocycles. The molecule has 0 atom stereocenters. The number of nitrogens with zero attached hydrogens (tertiary/aromatic N) is 1. The van der Waals surface area contributed by atoms with E-state index >= 15 is 0 Å². The lowest BCUT2D eigenvalue weighted by molar-refractivity contribution is 0.0953. The van der Waals surface area contributed by atoms with Gasteiger partial charge in [-0.2, -0.15) is 4.31 Å². The number of hydrogen-bond acceptors (Lipinski definition) is 4. The number of nitrogens with one attached hydrogen (secondary N) is 2. The van der Waals surface area contributed by atoms with Gasteiger partial charge in [0.05, 0.1) is 4.90 Å². The Morgan fingerprint density at radius 3 is 2.35 bits per heavy atom. The maximum Gasteiger partial charge on any atom is 0.251 e. The summed E-state index contributed by atoms with van der Waals surface area (Å²) in [5, 5.41) is 5.86. The Labute approximate surface area is 145 Å². The third kappa shape index (κ3) is 6.10. The molecule has 0 radical (unpaired) electrons. The highest BCUT2D eigenvalue weighted by Crippen LogP contribution is 2.16. The van der Waals surface area contributed by atoms with Crippen LogP contribution in [0, 0.1) is 0 Å². The molecule has 1 aromatic carbocycles. The maximum atomic E-state index is 12.5. The number of rotatable bonds is 9. The van der Waals surface area contributed by atoms with Gasteiger partial charge in [0, 0.05) is 31.7 Å². The van der Waals surface area contributed by atoms with Crippen LogP contribution >= 0.6 is 12.4 Å². The van der Waals surface area contributed by atoms with Crippen LogP contribution in [0.15, 0.2) is 29.2 Å². The third-order valence-corrected chi connectivity index (χ3v) is 5.32. The number of benzene rings is 1. The fourth-order valence-corrected chi connectivity index (χ4v) is 3.56. The topological polar surface area (TPSA) is 78.5 Å². The Hall–Kier alpha value is -1.15. The molecule has 0 saturated carbocycles. The number of likely N-dealkylation sites (N-methyl/N-ethyl adjacent to an activating group) is 1. The van der Waals surface area contributed by atoms with Gasteiger partial charge in [-0.25, -0.2) is 8.42 Å². The normalized spacial score (nSPS) is 11.1. The summed E-state index contributed by atoms with van der Waals surface area (Å²) in [6.07, 6.45) is 0. The monoisotopic (exact) mass is 363 g/mol. The molecule has 0 aliphatic heterocycles. The van der Waals surface area contributed by atoms with Crippen LogP contribution in [0.3, 0.4) is 0 Å². The minimum Gasteiger partial charge on any atom is -0.351 e. The standard InChI is InChI=1S/C15H25N3O3S.ClH/c1-4-16-10-11-17-15(19)13-8-7-9-14(12-13)22(20,21)18(5-2)6-3;/h7-9,12,16H,4-6,10-11H2,1-3H3,(H,17,19);1H. The van der Waals surface area contributed by atoms with Crippen LogP contribution in [-0.2, 0) is 10.0 Å². The molecular formula is C15H26ClN3O3S. The van der Waals surface area contributed by atoms with Crippen molar-refractivity contribution in [3.05, 3.63) is 29.8 Å². The molecule has 0 aromatic heterocycles. The van der Waals surface area contributed by atoms with E-state index in [1.54, 1.807) is 26.0 Å². The average Bonchev–Trinajstić information content (AvgIpc) is 2.52. The van der Waals surface area contributed by atoms with E-state index in [0.29, 0.717) is 31.7 Å². The van der Waals surface area contributed by atoms with Crippen LogP contribution in [-0.4, -0.2) is 51.4 Å². The zero-order chi connectivity index (χ0) is 16.6. The summed E-state index contributed by atoms with van der Waals surface area (Å²) in [5.74, 6) is -0.269. The van der Waals surface area contributed by atoms with Crippen molar-refractivity contribution in [1.29, 1.82) is 0 Å². The molecule has 6 nitrogen and oxygen atoms in total. The van der Waals surface area contributed by atoms with E-state index in [2.05, 4.69) is 10.6 Å². The number of amides is 1. The average molecular weight is 364 g/mol. The summed E-state index contributed by atoms with van der Waals surface area (Å²) in [6, 6.07) is 6.15. The van der Waals surface area contributed by atoms with E-state index in [4.69, 9.17) is 0 Å². The second-order valence-electron chi connectivity index (χ2n) is 4.73. The van der Waals surface area contributed by atoms with Crippen molar-refractivity contribution >= 4 is 28.3 Å². The highest BCUT2D eigenvalue weighted by atomic mass is 35.5. The molecule has 0 spiro atoms. The summed E-state index contributed by atoms with van der Waals surface area (Å²) in [6.45, 7) is 8.39. The first-order chi connectivity index (χ1) is 10.5. The first-order valence-electron chi connectivity index (χ1n) is 7.56. The Kier molecular flexibility index (Phi) is 10.1. The lowest BCUT2D eigenvalue weighted by atomic mass is 10.2. The zero-order valence-corrected chi connectivity index (χ0v) is 15.5. The predicted molar refractivity (Wildman–Crippen MR) is 94.7 cm³/mol. The first kappa shape index (κ1) is 21.9. The van der Waals surface area contributed by atoms with E-state index in [9.17, 15) is 13.2 Å². The van der Waals surface area contributed by atoms with Gasteiger partial charge >= 0.3 is 0 Å². The zero-order valence-electron chi connectivity index (χ0n) is 13.8. The summed E-state index contributed by atoms with van der Waals surface area (Å²) in [4.78, 5) is 12.2. The van der Waals surface area contributed by atoms with Crippen LogP contribution in [0.1, 0.15) is 31.1 Å². The summed E-state index contributed by atoms with van der Waals surface area (Å²) >= 11 is 0.